The topological polar surface area (TPSA) is 27.7 Å². The van der Waals surface area contributed by atoms with Gasteiger partial charge in [-0.2, -0.15) is 0 Å². The van der Waals surface area contributed by atoms with Crippen molar-refractivity contribution in [1.29, 1.82) is 0 Å². The summed E-state index contributed by atoms with van der Waals surface area (Å²) in [5, 5.41) is 0.818. The predicted molar refractivity (Wildman–Crippen MR) is 44.6 cm³/mol. The highest BCUT2D eigenvalue weighted by molar-refractivity contribution is 9.09. The van der Waals surface area contributed by atoms with Crippen molar-refractivity contribution < 1.29 is 14.2 Å². The van der Waals surface area contributed by atoms with Crippen molar-refractivity contribution in [3.8, 4) is 0 Å². The lowest BCUT2D eigenvalue weighted by atomic mass is 10.5. The Kier molecular flexibility index (Phi) is 4.07. The van der Waals surface area contributed by atoms with Crippen molar-refractivity contribution in [3.05, 3.63) is 12.2 Å². The van der Waals surface area contributed by atoms with Crippen molar-refractivity contribution in [2.75, 3.05) is 19.0 Å². The quantitative estimate of drug-likeness (QED) is 0.530. The summed E-state index contributed by atoms with van der Waals surface area (Å²) in [5.41, 5.74) is 0. The summed E-state index contributed by atoms with van der Waals surface area (Å²) in [6.45, 7) is 0.644. The third kappa shape index (κ3) is 2.91. The molecule has 64 valence electrons. The Balaban J connectivity index is 2.15. The zero-order valence-corrected chi connectivity index (χ0v) is 7.91. The lowest BCUT2D eigenvalue weighted by Gasteiger charge is -2.12. The van der Waals surface area contributed by atoms with E-state index in [1.807, 2.05) is 12.2 Å². The van der Waals surface area contributed by atoms with Gasteiger partial charge < -0.3 is 14.2 Å². The van der Waals surface area contributed by atoms with E-state index in [1.54, 1.807) is 7.11 Å². The molecular formula is C7H11BrO3. The van der Waals surface area contributed by atoms with E-state index in [4.69, 9.17) is 14.2 Å². The molecule has 11 heavy (non-hydrogen) atoms. The van der Waals surface area contributed by atoms with Gasteiger partial charge in [0.2, 0.25) is 0 Å². The van der Waals surface area contributed by atoms with Gasteiger partial charge in [-0.15, -0.1) is 0 Å². The number of hydrogen-bond acceptors (Lipinski definition) is 3. The molecule has 0 N–H and O–H groups in total. The number of halogens is 1. The van der Waals surface area contributed by atoms with Gasteiger partial charge in [-0.3, -0.25) is 0 Å². The van der Waals surface area contributed by atoms with Crippen LogP contribution in [0.3, 0.4) is 0 Å². The maximum Gasteiger partial charge on any atom is 0.180 e. The second-order valence-electron chi connectivity index (χ2n) is 2.05. The third-order valence-corrected chi connectivity index (χ3v) is 1.61. The van der Waals surface area contributed by atoms with Gasteiger partial charge in [-0.25, -0.2) is 0 Å². The molecule has 3 nitrogen and oxygen atoms in total. The van der Waals surface area contributed by atoms with Gasteiger partial charge in [0.25, 0.3) is 0 Å². The molecule has 1 rings (SSSR count). The van der Waals surface area contributed by atoms with Crippen LogP contribution in [0.15, 0.2) is 12.2 Å². The Morgan fingerprint density at radius 3 is 2.73 bits per heavy atom. The molecular weight excluding hydrogens is 212 g/mol. The normalized spacial score (nSPS) is 29.6. The molecule has 1 aliphatic heterocycles. The van der Waals surface area contributed by atoms with Crippen LogP contribution < -0.4 is 0 Å². The highest BCUT2D eigenvalue weighted by atomic mass is 79.9. The monoisotopic (exact) mass is 222 g/mol. The summed E-state index contributed by atoms with van der Waals surface area (Å²) in [6.07, 6.45) is 3.20. The molecule has 0 saturated carbocycles. The van der Waals surface area contributed by atoms with Crippen molar-refractivity contribution in [2.24, 2.45) is 0 Å². The van der Waals surface area contributed by atoms with E-state index in [0.717, 1.165) is 5.33 Å². The van der Waals surface area contributed by atoms with E-state index in [2.05, 4.69) is 15.9 Å². The summed E-state index contributed by atoms with van der Waals surface area (Å²) in [6, 6.07) is 0. The van der Waals surface area contributed by atoms with Gasteiger partial charge in [-0.1, -0.05) is 15.9 Å². The molecule has 0 unspecified atom stereocenters. The minimum Gasteiger partial charge on any atom is -0.352 e. The molecule has 1 aliphatic rings. The van der Waals surface area contributed by atoms with Crippen LogP contribution in [0, 0.1) is 0 Å². The molecule has 0 aromatic heterocycles. The Hall–Kier alpha value is 0.1000. The van der Waals surface area contributed by atoms with Gasteiger partial charge in [-0.05, 0) is 12.2 Å². The van der Waals surface area contributed by atoms with Crippen molar-refractivity contribution >= 4 is 15.9 Å². The van der Waals surface area contributed by atoms with E-state index in [9.17, 15) is 0 Å². The fraction of sp³-hybridized carbons (Fsp3) is 0.714. The summed E-state index contributed by atoms with van der Waals surface area (Å²) < 4.78 is 15.4. The molecule has 0 fully saturated rings. The summed E-state index contributed by atoms with van der Waals surface area (Å²) in [4.78, 5) is 0. The Labute approximate surface area is 74.4 Å². The van der Waals surface area contributed by atoms with Gasteiger partial charge in [0.05, 0.1) is 6.61 Å². The number of rotatable bonds is 4. The highest BCUT2D eigenvalue weighted by Crippen LogP contribution is 2.12. The molecule has 4 heteroatoms. The fourth-order valence-corrected chi connectivity index (χ4v) is 0.981. The second kappa shape index (κ2) is 4.87. The molecule has 0 aliphatic carbocycles. The van der Waals surface area contributed by atoms with Crippen LogP contribution in [0.25, 0.3) is 0 Å². The smallest absolute Gasteiger partial charge is 0.180 e. The molecule has 0 spiro atoms. The Morgan fingerprint density at radius 2 is 2.18 bits per heavy atom. The first kappa shape index (κ1) is 9.19. The molecule has 2 atom stereocenters. The maximum atomic E-state index is 5.25. The zero-order chi connectivity index (χ0) is 8.10. The van der Waals surface area contributed by atoms with Crippen LogP contribution in [-0.4, -0.2) is 31.6 Å². The highest BCUT2D eigenvalue weighted by Gasteiger charge is 2.17. The maximum absolute atomic E-state index is 5.25. The lowest BCUT2D eigenvalue weighted by Crippen LogP contribution is -2.17. The Morgan fingerprint density at radius 1 is 1.45 bits per heavy atom. The largest absolute Gasteiger partial charge is 0.352 e. The van der Waals surface area contributed by atoms with E-state index in [1.165, 1.54) is 0 Å². The molecule has 0 amide bonds. The standard InChI is InChI=1S/C7H11BrO3/c1-9-6-2-3-7(11-6)10-5-4-8/h2-3,6-7H,4-5H2,1H3/t6-,7-/m0/s1. The summed E-state index contributed by atoms with van der Waals surface area (Å²) in [7, 11) is 1.60. The van der Waals surface area contributed by atoms with Gasteiger partial charge in [0.1, 0.15) is 0 Å². The molecule has 0 saturated heterocycles. The molecule has 0 aromatic carbocycles. The average Bonchev–Trinajstić information content (AvgIpc) is 2.48. The predicted octanol–water partition coefficient (Wildman–Crippen LogP) is 1.28. The first-order chi connectivity index (χ1) is 5.36. The number of hydrogen-bond donors (Lipinski definition) is 0. The fourth-order valence-electron chi connectivity index (χ4n) is 0.794. The summed E-state index contributed by atoms with van der Waals surface area (Å²) >= 11 is 3.25. The van der Waals surface area contributed by atoms with Crippen molar-refractivity contribution in [2.45, 2.75) is 12.6 Å². The minimum absolute atomic E-state index is 0.238. The van der Waals surface area contributed by atoms with Crippen molar-refractivity contribution in [3.63, 3.8) is 0 Å². The van der Waals surface area contributed by atoms with Crippen LogP contribution in [0.1, 0.15) is 0 Å². The van der Waals surface area contributed by atoms with Gasteiger partial charge in [0.15, 0.2) is 12.6 Å². The van der Waals surface area contributed by atoms with Crippen LogP contribution >= 0.6 is 15.9 Å². The molecule has 1 heterocycles. The zero-order valence-electron chi connectivity index (χ0n) is 6.33. The molecule has 0 bridgehead atoms. The van der Waals surface area contributed by atoms with E-state index in [0.29, 0.717) is 6.61 Å². The van der Waals surface area contributed by atoms with Crippen LogP contribution in [-0.2, 0) is 14.2 Å². The second-order valence-corrected chi connectivity index (χ2v) is 2.85. The first-order valence-electron chi connectivity index (χ1n) is 3.41. The molecule has 0 aromatic rings. The van der Waals surface area contributed by atoms with E-state index in [-0.39, 0.29) is 12.6 Å². The van der Waals surface area contributed by atoms with Crippen LogP contribution in [0.5, 0.6) is 0 Å². The summed E-state index contributed by atoms with van der Waals surface area (Å²) in [5.74, 6) is 0. The number of ether oxygens (including phenoxy) is 3. The number of methoxy groups -OCH3 is 1. The van der Waals surface area contributed by atoms with Crippen LogP contribution in [0.2, 0.25) is 0 Å². The van der Waals surface area contributed by atoms with Crippen molar-refractivity contribution in [1.82, 2.24) is 0 Å². The SMILES string of the molecule is CO[C@@H]1C=C[C@@H](OCCBr)O1. The van der Waals surface area contributed by atoms with E-state index < -0.39 is 0 Å². The lowest BCUT2D eigenvalue weighted by molar-refractivity contribution is -0.181. The van der Waals surface area contributed by atoms with E-state index >= 15 is 0 Å². The van der Waals surface area contributed by atoms with Gasteiger partial charge in [0, 0.05) is 12.4 Å². The minimum atomic E-state index is -0.240. The average molecular weight is 223 g/mol. The first-order valence-corrected chi connectivity index (χ1v) is 4.53. The third-order valence-electron chi connectivity index (χ3n) is 1.29. The number of alkyl halides is 1. The Bertz CT molecular complexity index is 138. The molecule has 0 radical (unpaired) electrons. The van der Waals surface area contributed by atoms with Gasteiger partial charge >= 0.3 is 0 Å². The van der Waals surface area contributed by atoms with Crippen LogP contribution in [0.4, 0.5) is 0 Å².